The number of aliphatic imine (C=N–C) groups is 1. The van der Waals surface area contributed by atoms with Crippen molar-refractivity contribution in [2.75, 3.05) is 23.8 Å². The Bertz CT molecular complexity index is 269. The molecule has 2 aliphatic rings. The van der Waals surface area contributed by atoms with Gasteiger partial charge in [0.2, 0.25) is 0 Å². The Morgan fingerprint density at radius 1 is 1.41 bits per heavy atom. The molecule has 1 unspecified atom stereocenters. The molecule has 0 aromatic rings. The van der Waals surface area contributed by atoms with Gasteiger partial charge in [-0.1, -0.05) is 25.6 Å². The Balaban J connectivity index is 1.85. The monoisotopic (exact) mass is 272 g/mol. The maximum absolute atomic E-state index is 4.78. The van der Waals surface area contributed by atoms with Gasteiger partial charge < -0.3 is 5.32 Å². The van der Waals surface area contributed by atoms with Crippen molar-refractivity contribution in [1.29, 1.82) is 0 Å². The molecule has 1 atom stereocenters. The molecule has 0 saturated carbocycles. The zero-order valence-electron chi connectivity index (χ0n) is 11.0. The Labute approximate surface area is 114 Å². The van der Waals surface area contributed by atoms with Gasteiger partial charge in [-0.15, -0.1) is 0 Å². The molecule has 0 aromatic carbocycles. The molecule has 1 saturated heterocycles. The molecular formula is C13H24N2S2. The van der Waals surface area contributed by atoms with Gasteiger partial charge in [0, 0.05) is 24.1 Å². The van der Waals surface area contributed by atoms with Crippen LogP contribution in [0.25, 0.3) is 0 Å². The maximum atomic E-state index is 4.78. The van der Waals surface area contributed by atoms with Crippen molar-refractivity contribution in [3.8, 4) is 0 Å². The lowest BCUT2D eigenvalue weighted by atomic mass is 9.84. The zero-order valence-corrected chi connectivity index (χ0v) is 12.6. The predicted octanol–water partition coefficient (Wildman–Crippen LogP) is 3.38. The van der Waals surface area contributed by atoms with Gasteiger partial charge in [0.1, 0.15) is 0 Å². The highest BCUT2D eigenvalue weighted by Gasteiger charge is 2.30. The first kappa shape index (κ1) is 13.6. The first-order valence-electron chi connectivity index (χ1n) is 6.79. The van der Waals surface area contributed by atoms with Gasteiger partial charge in [-0.2, -0.15) is 11.8 Å². The molecule has 4 heteroatoms. The van der Waals surface area contributed by atoms with Crippen LogP contribution in [0.4, 0.5) is 0 Å². The van der Waals surface area contributed by atoms with Crippen LogP contribution >= 0.6 is 23.5 Å². The van der Waals surface area contributed by atoms with Crippen LogP contribution in [0.5, 0.6) is 0 Å². The number of nitrogens with one attached hydrogen (secondary N) is 1. The number of hydrogen-bond acceptors (Lipinski definition) is 4. The van der Waals surface area contributed by atoms with Gasteiger partial charge in [0.15, 0.2) is 5.17 Å². The minimum atomic E-state index is 0.469. The lowest BCUT2D eigenvalue weighted by molar-refractivity contribution is 0.318. The molecule has 0 aliphatic carbocycles. The number of amidine groups is 1. The van der Waals surface area contributed by atoms with E-state index in [4.69, 9.17) is 4.99 Å². The number of rotatable bonds is 3. The van der Waals surface area contributed by atoms with E-state index in [0.29, 0.717) is 11.5 Å². The van der Waals surface area contributed by atoms with Gasteiger partial charge in [0.25, 0.3) is 0 Å². The molecule has 1 fully saturated rings. The van der Waals surface area contributed by atoms with Crippen molar-refractivity contribution in [2.45, 2.75) is 45.6 Å². The van der Waals surface area contributed by atoms with Crippen LogP contribution in [0.15, 0.2) is 4.99 Å². The number of nitrogens with zero attached hydrogens (tertiary/aromatic N) is 1. The summed E-state index contributed by atoms with van der Waals surface area (Å²) in [6, 6.07) is 0.663. The number of hydrogen-bond donors (Lipinski definition) is 1. The third kappa shape index (κ3) is 3.57. The van der Waals surface area contributed by atoms with Crippen molar-refractivity contribution in [3.63, 3.8) is 0 Å². The summed E-state index contributed by atoms with van der Waals surface area (Å²) in [7, 11) is 0. The van der Waals surface area contributed by atoms with Crippen LogP contribution in [-0.4, -0.2) is 35.0 Å². The fourth-order valence-corrected chi connectivity index (χ4v) is 4.77. The molecule has 0 radical (unpaired) electrons. The Hall–Kier alpha value is 0.170. The first-order chi connectivity index (χ1) is 8.28. The van der Waals surface area contributed by atoms with E-state index in [1.54, 1.807) is 0 Å². The summed E-state index contributed by atoms with van der Waals surface area (Å²) in [6.07, 6.45) is 5.19. The quantitative estimate of drug-likeness (QED) is 0.852. The smallest absolute Gasteiger partial charge is 0.156 e. The largest absolute Gasteiger partial charge is 0.361 e. The predicted molar refractivity (Wildman–Crippen MR) is 81.3 cm³/mol. The summed E-state index contributed by atoms with van der Waals surface area (Å²) in [5.41, 5.74) is 0.469. The Morgan fingerprint density at radius 2 is 2.24 bits per heavy atom. The van der Waals surface area contributed by atoms with Gasteiger partial charge >= 0.3 is 0 Å². The minimum absolute atomic E-state index is 0.469. The van der Waals surface area contributed by atoms with Crippen LogP contribution in [0.2, 0.25) is 0 Å². The second kappa shape index (κ2) is 6.37. The molecule has 2 aliphatic heterocycles. The average molecular weight is 272 g/mol. The zero-order chi connectivity index (χ0) is 12.1. The van der Waals surface area contributed by atoms with E-state index in [9.17, 15) is 0 Å². The van der Waals surface area contributed by atoms with Crippen LogP contribution < -0.4 is 5.32 Å². The van der Waals surface area contributed by atoms with E-state index in [0.717, 1.165) is 6.54 Å². The third-order valence-electron chi connectivity index (χ3n) is 4.06. The van der Waals surface area contributed by atoms with E-state index in [2.05, 4.69) is 30.9 Å². The normalized spacial score (nSPS) is 28.6. The van der Waals surface area contributed by atoms with E-state index >= 15 is 0 Å². The fraction of sp³-hybridized carbons (Fsp3) is 0.923. The molecule has 2 nitrogen and oxygen atoms in total. The topological polar surface area (TPSA) is 24.4 Å². The van der Waals surface area contributed by atoms with Crippen molar-refractivity contribution in [2.24, 2.45) is 10.4 Å². The van der Waals surface area contributed by atoms with E-state index in [1.165, 1.54) is 48.1 Å². The molecule has 0 amide bonds. The van der Waals surface area contributed by atoms with Crippen LogP contribution in [0.3, 0.4) is 0 Å². The second-order valence-electron chi connectivity index (χ2n) is 5.18. The first-order valence-corrected chi connectivity index (χ1v) is 8.93. The molecule has 2 heterocycles. The molecule has 0 bridgehead atoms. The van der Waals surface area contributed by atoms with Crippen molar-refractivity contribution < 1.29 is 0 Å². The number of thioether (sulfide) groups is 2. The van der Waals surface area contributed by atoms with Crippen molar-refractivity contribution in [1.82, 2.24) is 5.32 Å². The summed E-state index contributed by atoms with van der Waals surface area (Å²) in [4.78, 5) is 4.78. The second-order valence-corrected chi connectivity index (χ2v) is 7.29. The highest BCUT2D eigenvalue weighted by molar-refractivity contribution is 8.13. The maximum Gasteiger partial charge on any atom is 0.156 e. The summed E-state index contributed by atoms with van der Waals surface area (Å²) in [6.45, 7) is 5.63. The lowest BCUT2D eigenvalue weighted by Gasteiger charge is -2.34. The van der Waals surface area contributed by atoms with E-state index in [-0.39, 0.29) is 0 Å². The molecule has 0 aromatic heterocycles. The highest BCUT2D eigenvalue weighted by Crippen LogP contribution is 2.35. The molecule has 2 rings (SSSR count). The standard InChI is InChI=1S/C13H24N2S2/c1-3-13(4-2)9-14-12(17-10-13)15-11-6-5-7-16-8-11/h11H,3-10H2,1-2H3,(H,14,15). The van der Waals surface area contributed by atoms with Gasteiger partial charge in [-0.3, -0.25) is 4.99 Å². The van der Waals surface area contributed by atoms with Crippen molar-refractivity contribution in [3.05, 3.63) is 0 Å². The van der Waals surface area contributed by atoms with E-state index in [1.807, 2.05) is 11.8 Å². The lowest BCUT2D eigenvalue weighted by Crippen LogP contribution is -2.41. The third-order valence-corrected chi connectivity index (χ3v) is 6.55. The van der Waals surface area contributed by atoms with Gasteiger partial charge in [-0.25, -0.2) is 0 Å². The average Bonchev–Trinajstić information content (AvgIpc) is 2.41. The molecule has 98 valence electrons. The molecular weight excluding hydrogens is 248 g/mol. The molecule has 0 spiro atoms. The van der Waals surface area contributed by atoms with Gasteiger partial charge in [0.05, 0.1) is 0 Å². The fourth-order valence-electron chi connectivity index (χ4n) is 2.35. The van der Waals surface area contributed by atoms with E-state index < -0.39 is 0 Å². The van der Waals surface area contributed by atoms with Gasteiger partial charge in [-0.05, 0) is 36.9 Å². The summed E-state index contributed by atoms with van der Waals surface area (Å²) in [5.74, 6) is 3.84. The minimum Gasteiger partial charge on any atom is -0.361 e. The van der Waals surface area contributed by atoms with Crippen molar-refractivity contribution >= 4 is 28.7 Å². The summed E-state index contributed by atoms with van der Waals surface area (Å²) >= 11 is 4.02. The highest BCUT2D eigenvalue weighted by atomic mass is 32.2. The Morgan fingerprint density at radius 3 is 2.76 bits per heavy atom. The van der Waals surface area contributed by atoms with Crippen LogP contribution in [-0.2, 0) is 0 Å². The van der Waals surface area contributed by atoms with Crippen LogP contribution in [0, 0.1) is 5.41 Å². The summed E-state index contributed by atoms with van der Waals surface area (Å²) < 4.78 is 0. The Kier molecular flexibility index (Phi) is 5.10. The molecule has 17 heavy (non-hydrogen) atoms. The summed E-state index contributed by atoms with van der Waals surface area (Å²) in [5, 5.41) is 4.84. The van der Waals surface area contributed by atoms with Crippen LogP contribution in [0.1, 0.15) is 39.5 Å². The SMILES string of the molecule is CCC1(CC)CN=C(NC2CCCSC2)SC1. The molecule has 1 N–H and O–H groups in total.